The highest BCUT2D eigenvalue weighted by Gasteiger charge is 2.35. The highest BCUT2D eigenvalue weighted by molar-refractivity contribution is 5.84. The largest absolute Gasteiger partial charge is 0.480 e. The third-order valence-electron chi connectivity index (χ3n) is 4.76. The number of hydrogen-bond donors (Lipinski definition) is 2. The van der Waals surface area contributed by atoms with E-state index in [4.69, 9.17) is 5.11 Å². The van der Waals surface area contributed by atoms with Crippen LogP contribution in [0.2, 0.25) is 0 Å². The molecule has 0 heterocycles. The van der Waals surface area contributed by atoms with Crippen LogP contribution < -0.4 is 10.2 Å². The van der Waals surface area contributed by atoms with E-state index in [0.29, 0.717) is 24.3 Å². The molecule has 5 heteroatoms. The summed E-state index contributed by atoms with van der Waals surface area (Å²) in [6, 6.07) is 9.17. The van der Waals surface area contributed by atoms with Gasteiger partial charge in [0.05, 0.1) is 6.54 Å². The molecule has 0 aromatic heterocycles. The first-order valence-corrected chi connectivity index (χ1v) is 8.08. The predicted octanol–water partition coefficient (Wildman–Crippen LogP) is 1.91. The Morgan fingerprint density at radius 3 is 2.52 bits per heavy atom. The molecule has 1 fully saturated rings. The summed E-state index contributed by atoms with van der Waals surface area (Å²) in [6.07, 6.45) is 6.92. The summed E-state index contributed by atoms with van der Waals surface area (Å²) in [4.78, 5) is 24.8. The van der Waals surface area contributed by atoms with E-state index in [1.165, 1.54) is 6.42 Å². The number of carbonyl (C=O) groups excluding carboxylic acids is 1. The summed E-state index contributed by atoms with van der Waals surface area (Å²) in [7, 11) is 0. The van der Waals surface area contributed by atoms with Gasteiger partial charge in [-0.2, -0.15) is 0 Å². The van der Waals surface area contributed by atoms with E-state index in [1.807, 2.05) is 30.3 Å². The van der Waals surface area contributed by atoms with Gasteiger partial charge < -0.3 is 15.3 Å². The molecular formula is C18H22N2O3. The van der Waals surface area contributed by atoms with Gasteiger partial charge in [0.25, 0.3) is 0 Å². The molecule has 3 atom stereocenters. The van der Waals surface area contributed by atoms with Crippen LogP contribution in [0, 0.1) is 17.8 Å². The average molecular weight is 314 g/mol. The number of nitrogens with zero attached hydrogens (tertiary/aromatic N) is 1. The molecule has 2 bridgehead atoms. The number of amides is 1. The van der Waals surface area contributed by atoms with Gasteiger partial charge in [-0.3, -0.25) is 9.59 Å². The molecule has 122 valence electrons. The Bertz CT molecular complexity index is 600. The molecule has 0 aliphatic heterocycles. The lowest BCUT2D eigenvalue weighted by molar-refractivity contribution is -0.135. The van der Waals surface area contributed by atoms with Crippen molar-refractivity contribution in [1.82, 2.24) is 5.32 Å². The van der Waals surface area contributed by atoms with E-state index in [9.17, 15) is 9.59 Å². The maximum absolute atomic E-state index is 12.2. The molecule has 1 amide bonds. The third-order valence-corrected chi connectivity index (χ3v) is 4.76. The lowest BCUT2D eigenvalue weighted by atomic mass is 9.94. The van der Waals surface area contributed by atoms with E-state index < -0.39 is 5.97 Å². The molecule has 5 nitrogen and oxygen atoms in total. The highest BCUT2D eigenvalue weighted by Crippen LogP contribution is 2.42. The molecule has 1 aromatic carbocycles. The third kappa shape index (κ3) is 3.92. The smallest absolute Gasteiger partial charge is 0.323 e. The van der Waals surface area contributed by atoms with Crippen LogP contribution in [-0.2, 0) is 9.59 Å². The minimum absolute atomic E-state index is 0.0625. The van der Waals surface area contributed by atoms with Gasteiger partial charge in [0.2, 0.25) is 5.91 Å². The number of hydrogen-bond acceptors (Lipinski definition) is 3. The van der Waals surface area contributed by atoms with Crippen molar-refractivity contribution in [2.24, 2.45) is 17.8 Å². The van der Waals surface area contributed by atoms with Crippen LogP contribution in [0.15, 0.2) is 42.5 Å². The molecule has 1 unspecified atom stereocenters. The van der Waals surface area contributed by atoms with Gasteiger partial charge in [-0.15, -0.1) is 0 Å². The molecule has 0 radical (unpaired) electrons. The van der Waals surface area contributed by atoms with Crippen molar-refractivity contribution in [3.05, 3.63) is 42.5 Å². The molecule has 2 aliphatic rings. The molecule has 1 saturated carbocycles. The SMILES string of the molecule is O=C(O)CN(CC(=O)NCC1C[C@H]2C=C[C@@H]1C2)c1ccccc1. The quantitative estimate of drug-likeness (QED) is 0.754. The number of anilines is 1. The number of rotatable bonds is 7. The van der Waals surface area contributed by atoms with Gasteiger partial charge in [0.1, 0.15) is 6.54 Å². The average Bonchev–Trinajstić information content (AvgIpc) is 3.15. The lowest BCUT2D eigenvalue weighted by Crippen LogP contribution is -2.41. The Hall–Kier alpha value is -2.30. The van der Waals surface area contributed by atoms with Crippen LogP contribution in [0.25, 0.3) is 0 Å². The molecule has 23 heavy (non-hydrogen) atoms. The fourth-order valence-corrected chi connectivity index (χ4v) is 3.64. The van der Waals surface area contributed by atoms with E-state index in [1.54, 1.807) is 4.90 Å². The molecular weight excluding hydrogens is 292 g/mol. The Balaban J connectivity index is 1.53. The van der Waals surface area contributed by atoms with Crippen LogP contribution in [0.3, 0.4) is 0 Å². The summed E-state index contributed by atoms with van der Waals surface area (Å²) >= 11 is 0. The number of nitrogens with one attached hydrogen (secondary N) is 1. The summed E-state index contributed by atoms with van der Waals surface area (Å²) in [5.74, 6) is 0.750. The van der Waals surface area contributed by atoms with Crippen molar-refractivity contribution >= 4 is 17.6 Å². The zero-order valence-corrected chi connectivity index (χ0v) is 13.0. The second kappa shape index (κ2) is 6.86. The van der Waals surface area contributed by atoms with Gasteiger partial charge >= 0.3 is 5.97 Å². The van der Waals surface area contributed by atoms with Crippen molar-refractivity contribution in [2.45, 2.75) is 12.8 Å². The van der Waals surface area contributed by atoms with Gasteiger partial charge in [0.15, 0.2) is 0 Å². The van der Waals surface area contributed by atoms with E-state index in [-0.39, 0.29) is 19.0 Å². The van der Waals surface area contributed by atoms with Gasteiger partial charge in [0, 0.05) is 12.2 Å². The second-order valence-electron chi connectivity index (χ2n) is 6.43. The number of allylic oxidation sites excluding steroid dienone is 2. The van der Waals surface area contributed by atoms with E-state index in [2.05, 4.69) is 17.5 Å². The standard InChI is InChI=1S/C18H22N2O3/c21-17(19-10-15-9-13-6-7-14(15)8-13)11-20(12-18(22)23)16-4-2-1-3-5-16/h1-7,13-15H,8-12H2,(H,19,21)(H,22,23)/t13-,14+,15?/m0/s1. The van der Waals surface area contributed by atoms with Crippen molar-refractivity contribution in [2.75, 3.05) is 24.5 Å². The molecule has 1 aromatic rings. The van der Waals surface area contributed by atoms with Crippen molar-refractivity contribution in [3.63, 3.8) is 0 Å². The van der Waals surface area contributed by atoms with Crippen LogP contribution >= 0.6 is 0 Å². The zero-order valence-electron chi connectivity index (χ0n) is 13.0. The maximum Gasteiger partial charge on any atom is 0.323 e. The van der Waals surface area contributed by atoms with Crippen molar-refractivity contribution < 1.29 is 14.7 Å². The number of carbonyl (C=O) groups is 2. The first-order valence-electron chi connectivity index (χ1n) is 8.08. The molecule has 2 aliphatic carbocycles. The number of carboxylic acid groups (broad SMARTS) is 1. The Morgan fingerprint density at radius 1 is 1.13 bits per heavy atom. The maximum atomic E-state index is 12.2. The van der Waals surface area contributed by atoms with Gasteiger partial charge in [-0.05, 0) is 42.7 Å². The summed E-state index contributed by atoms with van der Waals surface area (Å²) < 4.78 is 0. The van der Waals surface area contributed by atoms with E-state index in [0.717, 1.165) is 12.1 Å². The number of para-hydroxylation sites is 1. The van der Waals surface area contributed by atoms with Crippen LogP contribution in [-0.4, -0.2) is 36.6 Å². The molecule has 0 spiro atoms. The molecule has 2 N–H and O–H groups in total. The predicted molar refractivity (Wildman–Crippen MR) is 88.1 cm³/mol. The molecule has 3 rings (SSSR count). The fraction of sp³-hybridized carbons (Fsp3) is 0.444. The zero-order chi connectivity index (χ0) is 16.2. The van der Waals surface area contributed by atoms with Crippen LogP contribution in [0.4, 0.5) is 5.69 Å². The Kier molecular flexibility index (Phi) is 4.65. The first kappa shape index (κ1) is 15.6. The topological polar surface area (TPSA) is 69.6 Å². The van der Waals surface area contributed by atoms with Crippen molar-refractivity contribution in [3.8, 4) is 0 Å². The Morgan fingerprint density at radius 2 is 1.91 bits per heavy atom. The summed E-state index contributed by atoms with van der Waals surface area (Å²) in [6.45, 7) is 0.557. The number of aliphatic carboxylic acids is 1. The molecule has 0 saturated heterocycles. The summed E-state index contributed by atoms with van der Waals surface area (Å²) in [5.41, 5.74) is 0.743. The first-order chi connectivity index (χ1) is 11.1. The normalized spacial score (nSPS) is 24.6. The Labute approximate surface area is 136 Å². The number of benzene rings is 1. The van der Waals surface area contributed by atoms with Crippen molar-refractivity contribution in [1.29, 1.82) is 0 Å². The van der Waals surface area contributed by atoms with Crippen LogP contribution in [0.1, 0.15) is 12.8 Å². The lowest BCUT2D eigenvalue weighted by Gasteiger charge is -2.23. The number of carboxylic acids is 1. The van der Waals surface area contributed by atoms with E-state index >= 15 is 0 Å². The summed E-state index contributed by atoms with van der Waals surface area (Å²) in [5, 5.41) is 12.0. The van der Waals surface area contributed by atoms with Crippen LogP contribution in [0.5, 0.6) is 0 Å². The van der Waals surface area contributed by atoms with Gasteiger partial charge in [-0.25, -0.2) is 0 Å². The fourth-order valence-electron chi connectivity index (χ4n) is 3.64. The second-order valence-corrected chi connectivity index (χ2v) is 6.43. The minimum atomic E-state index is -0.945. The highest BCUT2D eigenvalue weighted by atomic mass is 16.4. The minimum Gasteiger partial charge on any atom is -0.480 e. The van der Waals surface area contributed by atoms with Gasteiger partial charge in [-0.1, -0.05) is 30.4 Å². The monoisotopic (exact) mass is 314 g/mol. The number of fused-ring (bicyclic) bond motifs is 2.